The maximum Gasteiger partial charge on any atom is 0.451 e. The molecule has 4 aromatic heterocycles. The Balaban J connectivity index is 1.28. The van der Waals surface area contributed by atoms with Gasteiger partial charge in [-0.25, -0.2) is 19.7 Å². The maximum atomic E-state index is 14.0. The number of fused-ring (bicyclic) bond motifs is 3. The van der Waals surface area contributed by atoms with E-state index in [1.54, 1.807) is 42.9 Å². The summed E-state index contributed by atoms with van der Waals surface area (Å²) in [7, 11) is 0. The highest BCUT2D eigenvalue weighted by atomic mass is 19.4. The second kappa shape index (κ2) is 11.2. The highest BCUT2D eigenvalue weighted by molar-refractivity contribution is 6.06. The molecule has 11 nitrogen and oxygen atoms in total. The molecule has 6 heterocycles. The van der Waals surface area contributed by atoms with Gasteiger partial charge in [-0.15, -0.1) is 0 Å². The minimum Gasteiger partial charge on any atom is -0.480 e. The number of carbonyl (C=O) groups is 1. The fourth-order valence-electron chi connectivity index (χ4n) is 5.93. The third-order valence-corrected chi connectivity index (χ3v) is 8.08. The van der Waals surface area contributed by atoms with Crippen molar-refractivity contribution < 1.29 is 37.0 Å². The minimum absolute atomic E-state index is 0.00520. The molecule has 0 aliphatic carbocycles. The molecular formula is C31H27F3N6O5. The lowest BCUT2D eigenvalue weighted by atomic mass is 10.1. The fourth-order valence-corrected chi connectivity index (χ4v) is 5.93. The Morgan fingerprint density at radius 3 is 2.64 bits per heavy atom. The average molecular weight is 621 g/mol. The molecule has 2 saturated heterocycles. The number of pyridine rings is 2. The van der Waals surface area contributed by atoms with E-state index in [-0.39, 0.29) is 41.8 Å². The van der Waals surface area contributed by atoms with Crippen molar-refractivity contribution in [3.8, 4) is 17.0 Å². The van der Waals surface area contributed by atoms with E-state index in [1.165, 1.54) is 4.90 Å². The number of para-hydroxylation sites is 1. The summed E-state index contributed by atoms with van der Waals surface area (Å²) in [5.41, 5.74) is 2.67. The normalized spacial score (nSPS) is 20.7. The summed E-state index contributed by atoms with van der Waals surface area (Å²) < 4.78 is 59.9. The Kier molecular flexibility index (Phi) is 7.15. The van der Waals surface area contributed by atoms with Crippen LogP contribution in [0, 0.1) is 0 Å². The monoisotopic (exact) mass is 620 g/mol. The SMILES string of the molecule is C[C@H]1COCCN1c1cc(-c2ccncc2)cnc1O[C@H]1C[C@@H](C(=O)O)N(c2nc(C(F)(F)F)nc3c2oc2ccccc23)C1. The number of benzene rings is 1. The molecule has 2 fully saturated rings. The Hall–Kier alpha value is -4.98. The van der Waals surface area contributed by atoms with Gasteiger partial charge in [-0.2, -0.15) is 13.2 Å². The number of anilines is 2. The standard InChI is InChI=1S/C31H27F3N6O5/c1-17-16-43-11-10-39(17)22-12-19(18-6-8-35-9-7-18)14-36-28(22)44-20-13-23(29(41)42)40(15-20)27-26-25(37-30(38-27)31(32,33)34)21-4-2-3-5-24(21)45-26/h2-9,12,14,17,20,23H,10-11,13,15-16H2,1H3,(H,41,42)/t17-,20-,23-/m0/s1. The Bertz CT molecular complexity index is 1890. The van der Waals surface area contributed by atoms with Gasteiger partial charge in [-0.1, -0.05) is 12.1 Å². The molecule has 1 aromatic carbocycles. The number of morpholine rings is 1. The number of aliphatic carboxylic acids is 1. The van der Waals surface area contributed by atoms with Crippen molar-refractivity contribution in [1.82, 2.24) is 19.9 Å². The molecule has 7 rings (SSSR count). The maximum absolute atomic E-state index is 14.0. The van der Waals surface area contributed by atoms with Crippen LogP contribution in [0.2, 0.25) is 0 Å². The van der Waals surface area contributed by atoms with E-state index >= 15 is 0 Å². The number of hydrogen-bond acceptors (Lipinski definition) is 10. The van der Waals surface area contributed by atoms with Crippen molar-refractivity contribution in [3.63, 3.8) is 0 Å². The van der Waals surface area contributed by atoms with Crippen LogP contribution < -0.4 is 14.5 Å². The van der Waals surface area contributed by atoms with E-state index < -0.39 is 30.1 Å². The number of halogens is 3. The van der Waals surface area contributed by atoms with Gasteiger partial charge < -0.3 is 28.8 Å². The van der Waals surface area contributed by atoms with Crippen molar-refractivity contribution in [2.24, 2.45) is 0 Å². The van der Waals surface area contributed by atoms with Gasteiger partial charge in [0, 0.05) is 48.5 Å². The van der Waals surface area contributed by atoms with Gasteiger partial charge in [0.1, 0.15) is 28.9 Å². The number of hydrogen-bond donors (Lipinski definition) is 1. The van der Waals surface area contributed by atoms with Gasteiger partial charge in [0.2, 0.25) is 11.7 Å². The quantitative estimate of drug-likeness (QED) is 0.270. The van der Waals surface area contributed by atoms with Crippen LogP contribution in [0.5, 0.6) is 5.88 Å². The number of alkyl halides is 3. The highest BCUT2D eigenvalue weighted by Crippen LogP contribution is 2.40. The smallest absolute Gasteiger partial charge is 0.451 e. The minimum atomic E-state index is -4.88. The molecule has 45 heavy (non-hydrogen) atoms. The lowest BCUT2D eigenvalue weighted by molar-refractivity contribution is -0.144. The number of nitrogens with zero attached hydrogens (tertiary/aromatic N) is 6. The van der Waals surface area contributed by atoms with Crippen molar-refractivity contribution in [3.05, 3.63) is 66.9 Å². The van der Waals surface area contributed by atoms with Crippen LogP contribution in [0.3, 0.4) is 0 Å². The van der Waals surface area contributed by atoms with E-state index in [9.17, 15) is 23.1 Å². The van der Waals surface area contributed by atoms with Crippen LogP contribution in [0.1, 0.15) is 19.2 Å². The molecule has 1 N–H and O–H groups in total. The predicted octanol–water partition coefficient (Wildman–Crippen LogP) is 5.19. The van der Waals surface area contributed by atoms with Crippen molar-refractivity contribution in [2.75, 3.05) is 36.1 Å². The number of aromatic nitrogens is 4. The first-order chi connectivity index (χ1) is 21.7. The molecule has 3 atom stereocenters. The largest absolute Gasteiger partial charge is 0.480 e. The van der Waals surface area contributed by atoms with E-state index in [1.807, 2.05) is 25.1 Å². The molecule has 0 amide bonds. The first-order valence-corrected chi connectivity index (χ1v) is 14.3. The van der Waals surface area contributed by atoms with E-state index in [0.29, 0.717) is 36.4 Å². The molecule has 232 valence electrons. The number of furan rings is 1. The van der Waals surface area contributed by atoms with Crippen LogP contribution >= 0.6 is 0 Å². The molecule has 0 radical (unpaired) electrons. The molecule has 14 heteroatoms. The van der Waals surface area contributed by atoms with Gasteiger partial charge in [0.25, 0.3) is 0 Å². The number of carboxylic acid groups (broad SMARTS) is 1. The van der Waals surface area contributed by atoms with Crippen LogP contribution in [0.25, 0.3) is 33.2 Å². The second-order valence-electron chi connectivity index (χ2n) is 11.0. The molecular weight excluding hydrogens is 593 g/mol. The molecule has 2 aliphatic rings. The highest BCUT2D eigenvalue weighted by Gasteiger charge is 2.43. The van der Waals surface area contributed by atoms with Gasteiger partial charge >= 0.3 is 12.1 Å². The summed E-state index contributed by atoms with van der Waals surface area (Å²) in [5, 5.41) is 10.6. The summed E-state index contributed by atoms with van der Waals surface area (Å²) in [4.78, 5) is 32.2. The van der Waals surface area contributed by atoms with Crippen LogP contribution in [0.15, 0.2) is 65.5 Å². The summed E-state index contributed by atoms with van der Waals surface area (Å²) in [6.07, 6.45) is -0.616. The lowest BCUT2D eigenvalue weighted by Gasteiger charge is -2.36. The predicted molar refractivity (Wildman–Crippen MR) is 157 cm³/mol. The van der Waals surface area contributed by atoms with E-state index in [2.05, 4.69) is 24.8 Å². The number of carboxylic acids is 1. The third-order valence-electron chi connectivity index (χ3n) is 8.08. The van der Waals surface area contributed by atoms with E-state index in [4.69, 9.17) is 13.9 Å². The zero-order chi connectivity index (χ0) is 31.3. The van der Waals surface area contributed by atoms with E-state index in [0.717, 1.165) is 11.1 Å². The number of rotatable bonds is 6. The molecule has 5 aromatic rings. The van der Waals surface area contributed by atoms with Crippen LogP contribution in [-0.4, -0.2) is 75.5 Å². The molecule has 0 unspecified atom stereocenters. The molecule has 0 saturated carbocycles. The topological polar surface area (TPSA) is 127 Å². The summed E-state index contributed by atoms with van der Waals surface area (Å²) in [6.45, 7) is 3.53. The van der Waals surface area contributed by atoms with Crippen molar-refractivity contribution >= 4 is 39.5 Å². The van der Waals surface area contributed by atoms with Gasteiger partial charge in [-0.3, -0.25) is 4.98 Å². The van der Waals surface area contributed by atoms with Gasteiger partial charge in [-0.05, 0) is 42.8 Å². The van der Waals surface area contributed by atoms with Crippen LogP contribution in [-0.2, 0) is 15.7 Å². The average Bonchev–Trinajstić information content (AvgIpc) is 3.63. The number of ether oxygens (including phenoxy) is 2. The fraction of sp³-hybridized carbons (Fsp3) is 0.323. The van der Waals surface area contributed by atoms with Crippen LogP contribution in [0.4, 0.5) is 24.7 Å². The first-order valence-electron chi connectivity index (χ1n) is 14.3. The lowest BCUT2D eigenvalue weighted by Crippen LogP contribution is -2.44. The first kappa shape index (κ1) is 28.8. The summed E-state index contributed by atoms with van der Waals surface area (Å²) in [5.74, 6) is -2.60. The van der Waals surface area contributed by atoms with Crippen molar-refractivity contribution in [1.29, 1.82) is 0 Å². The second-order valence-corrected chi connectivity index (χ2v) is 11.0. The molecule has 0 spiro atoms. The third kappa shape index (κ3) is 5.35. The Morgan fingerprint density at radius 1 is 1.09 bits per heavy atom. The van der Waals surface area contributed by atoms with Gasteiger partial charge in [0.05, 0.1) is 19.8 Å². The Morgan fingerprint density at radius 2 is 1.89 bits per heavy atom. The Labute approximate surface area is 254 Å². The van der Waals surface area contributed by atoms with Gasteiger partial charge in [0.15, 0.2) is 11.4 Å². The molecule has 2 aliphatic heterocycles. The summed E-state index contributed by atoms with van der Waals surface area (Å²) in [6, 6.07) is 11.0. The zero-order valence-electron chi connectivity index (χ0n) is 23.9. The zero-order valence-corrected chi connectivity index (χ0v) is 23.9. The van der Waals surface area contributed by atoms with Crippen molar-refractivity contribution in [2.45, 2.75) is 37.7 Å². The summed E-state index contributed by atoms with van der Waals surface area (Å²) >= 11 is 0. The molecule has 0 bridgehead atoms.